The van der Waals surface area contributed by atoms with Crippen molar-refractivity contribution in [1.82, 2.24) is 20.9 Å². The highest BCUT2D eigenvalue weighted by Crippen LogP contribution is 2.11. The first-order valence-corrected chi connectivity index (χ1v) is 6.59. The van der Waals surface area contributed by atoms with E-state index in [0.29, 0.717) is 19.1 Å². The average molecular weight is 254 g/mol. The van der Waals surface area contributed by atoms with Gasteiger partial charge in [0.05, 0.1) is 6.04 Å². The van der Waals surface area contributed by atoms with E-state index in [1.807, 2.05) is 4.90 Å². The second kappa shape index (κ2) is 5.67. The van der Waals surface area contributed by atoms with Crippen LogP contribution in [0.15, 0.2) is 0 Å². The fourth-order valence-electron chi connectivity index (χ4n) is 2.54. The molecular formula is C12H22N4O2. The van der Waals surface area contributed by atoms with Crippen molar-refractivity contribution >= 4 is 11.8 Å². The Bertz CT molecular complexity index is 326. The average Bonchev–Trinajstić information content (AvgIpc) is 2.76. The molecule has 2 rings (SSSR count). The summed E-state index contributed by atoms with van der Waals surface area (Å²) in [5.74, 6) is 0.114. The number of likely N-dealkylation sites (tertiary alicyclic amines) is 1. The summed E-state index contributed by atoms with van der Waals surface area (Å²) < 4.78 is 0. The Kier molecular flexibility index (Phi) is 4.19. The molecule has 0 spiro atoms. The molecule has 2 amide bonds. The maximum absolute atomic E-state index is 12.2. The molecule has 0 saturated carbocycles. The minimum Gasteiger partial charge on any atom is -0.352 e. The van der Waals surface area contributed by atoms with E-state index < -0.39 is 0 Å². The van der Waals surface area contributed by atoms with Crippen LogP contribution < -0.4 is 16.0 Å². The van der Waals surface area contributed by atoms with Gasteiger partial charge in [0.2, 0.25) is 11.8 Å². The van der Waals surface area contributed by atoms with Crippen LogP contribution in [0.25, 0.3) is 0 Å². The van der Waals surface area contributed by atoms with E-state index in [1.54, 1.807) is 0 Å². The summed E-state index contributed by atoms with van der Waals surface area (Å²) in [7, 11) is 0. The number of nitrogens with one attached hydrogen (secondary N) is 3. The maximum Gasteiger partial charge on any atom is 0.241 e. The summed E-state index contributed by atoms with van der Waals surface area (Å²) in [4.78, 5) is 25.1. The van der Waals surface area contributed by atoms with Crippen LogP contribution in [0.1, 0.15) is 20.3 Å². The normalized spacial score (nSPS) is 32.3. The van der Waals surface area contributed by atoms with Gasteiger partial charge in [-0.3, -0.25) is 9.59 Å². The number of piperazine rings is 1. The largest absolute Gasteiger partial charge is 0.352 e. The van der Waals surface area contributed by atoms with E-state index >= 15 is 0 Å². The Labute approximate surface area is 107 Å². The molecule has 0 radical (unpaired) electrons. The second-order valence-electron chi connectivity index (χ2n) is 5.24. The number of nitrogens with zero attached hydrogens (tertiary/aromatic N) is 1. The van der Waals surface area contributed by atoms with Crippen molar-refractivity contribution in [2.75, 3.05) is 26.2 Å². The number of carbonyl (C=O) groups excluding carboxylic acids is 2. The Hall–Kier alpha value is -1.14. The highest BCUT2D eigenvalue weighted by Gasteiger charge is 2.32. The topological polar surface area (TPSA) is 73.5 Å². The minimum absolute atomic E-state index is 0.0272. The number of hydrogen-bond acceptors (Lipinski definition) is 4. The Morgan fingerprint density at radius 1 is 1.28 bits per heavy atom. The van der Waals surface area contributed by atoms with Gasteiger partial charge in [0.15, 0.2) is 0 Å². The van der Waals surface area contributed by atoms with Gasteiger partial charge < -0.3 is 20.9 Å². The zero-order valence-electron chi connectivity index (χ0n) is 11.0. The van der Waals surface area contributed by atoms with Gasteiger partial charge >= 0.3 is 0 Å². The van der Waals surface area contributed by atoms with Crippen molar-refractivity contribution in [3.8, 4) is 0 Å². The quantitative estimate of drug-likeness (QED) is 0.571. The maximum atomic E-state index is 12.2. The second-order valence-corrected chi connectivity index (χ2v) is 5.24. The standard InChI is InChI=1S/C12H22N4O2/c1-8-5-14-11(6-13-8)12(18)16-4-3-10(7-16)15-9(2)17/h8,10-11,13-14H,3-7H2,1-2H3,(H,15,17). The molecule has 2 saturated heterocycles. The third-order valence-corrected chi connectivity index (χ3v) is 3.55. The summed E-state index contributed by atoms with van der Waals surface area (Å²) in [6.07, 6.45) is 0.849. The van der Waals surface area contributed by atoms with E-state index in [0.717, 1.165) is 19.5 Å². The fraction of sp³-hybridized carbons (Fsp3) is 0.833. The Balaban J connectivity index is 1.82. The van der Waals surface area contributed by atoms with E-state index in [4.69, 9.17) is 0 Å². The van der Waals surface area contributed by atoms with Gasteiger partial charge in [-0.25, -0.2) is 0 Å². The number of rotatable bonds is 2. The lowest BCUT2D eigenvalue weighted by atomic mass is 10.1. The van der Waals surface area contributed by atoms with Crippen molar-refractivity contribution in [3.05, 3.63) is 0 Å². The van der Waals surface area contributed by atoms with Crippen molar-refractivity contribution in [3.63, 3.8) is 0 Å². The van der Waals surface area contributed by atoms with Crippen LogP contribution in [0.5, 0.6) is 0 Å². The third-order valence-electron chi connectivity index (χ3n) is 3.55. The van der Waals surface area contributed by atoms with E-state index in [1.165, 1.54) is 6.92 Å². The van der Waals surface area contributed by atoms with Crippen molar-refractivity contribution < 1.29 is 9.59 Å². The molecule has 3 unspecified atom stereocenters. The molecule has 6 nitrogen and oxygen atoms in total. The predicted molar refractivity (Wildman–Crippen MR) is 68.1 cm³/mol. The zero-order chi connectivity index (χ0) is 13.1. The molecule has 2 heterocycles. The molecule has 2 aliphatic rings. The number of amides is 2. The van der Waals surface area contributed by atoms with Crippen molar-refractivity contribution in [2.24, 2.45) is 0 Å². The molecule has 2 fully saturated rings. The highest BCUT2D eigenvalue weighted by molar-refractivity contribution is 5.83. The molecule has 0 aliphatic carbocycles. The van der Waals surface area contributed by atoms with Crippen LogP contribution in [0.3, 0.4) is 0 Å². The molecule has 3 atom stereocenters. The molecule has 0 aromatic carbocycles. The Morgan fingerprint density at radius 2 is 2.06 bits per heavy atom. The van der Waals surface area contributed by atoms with Crippen LogP contribution in [-0.4, -0.2) is 61.0 Å². The van der Waals surface area contributed by atoms with E-state index in [2.05, 4.69) is 22.9 Å². The van der Waals surface area contributed by atoms with Crippen LogP contribution >= 0.6 is 0 Å². The lowest BCUT2D eigenvalue weighted by molar-refractivity contribution is -0.133. The molecular weight excluding hydrogens is 232 g/mol. The smallest absolute Gasteiger partial charge is 0.241 e. The van der Waals surface area contributed by atoms with E-state index in [-0.39, 0.29) is 23.9 Å². The molecule has 3 N–H and O–H groups in total. The lowest BCUT2D eigenvalue weighted by Crippen LogP contribution is -2.59. The van der Waals surface area contributed by atoms with Crippen molar-refractivity contribution in [2.45, 2.75) is 38.4 Å². The van der Waals surface area contributed by atoms with Gasteiger partial charge in [-0.05, 0) is 13.3 Å². The molecule has 0 bridgehead atoms. The van der Waals surface area contributed by atoms with Gasteiger partial charge in [0.25, 0.3) is 0 Å². The minimum atomic E-state index is -0.128. The van der Waals surface area contributed by atoms with E-state index in [9.17, 15) is 9.59 Å². The molecule has 0 aromatic heterocycles. The zero-order valence-corrected chi connectivity index (χ0v) is 11.0. The van der Waals surface area contributed by atoms with Gasteiger partial charge in [0, 0.05) is 45.2 Å². The first kappa shape index (κ1) is 13.3. The van der Waals surface area contributed by atoms with Crippen LogP contribution in [0, 0.1) is 0 Å². The Morgan fingerprint density at radius 3 is 2.67 bits per heavy atom. The molecule has 18 heavy (non-hydrogen) atoms. The SMILES string of the molecule is CC(=O)NC1CCN(C(=O)C2CNC(C)CN2)C1. The first-order chi connectivity index (χ1) is 8.56. The monoisotopic (exact) mass is 254 g/mol. The van der Waals surface area contributed by atoms with Crippen LogP contribution in [0.2, 0.25) is 0 Å². The van der Waals surface area contributed by atoms with Gasteiger partial charge in [-0.15, -0.1) is 0 Å². The molecule has 2 aliphatic heterocycles. The summed E-state index contributed by atoms with van der Waals surface area (Å²) in [5.41, 5.74) is 0. The highest BCUT2D eigenvalue weighted by atomic mass is 16.2. The van der Waals surface area contributed by atoms with Crippen LogP contribution in [0.4, 0.5) is 0 Å². The number of carbonyl (C=O) groups is 2. The summed E-state index contributed by atoms with van der Waals surface area (Å²) in [6.45, 7) is 6.47. The predicted octanol–water partition coefficient (Wildman–Crippen LogP) is -1.33. The van der Waals surface area contributed by atoms with Crippen molar-refractivity contribution in [1.29, 1.82) is 0 Å². The summed E-state index contributed by atoms with van der Waals surface area (Å²) in [5, 5.41) is 9.43. The molecule has 0 aromatic rings. The summed E-state index contributed by atoms with van der Waals surface area (Å²) >= 11 is 0. The van der Waals surface area contributed by atoms with Gasteiger partial charge in [0.1, 0.15) is 0 Å². The third kappa shape index (κ3) is 3.20. The molecule has 102 valence electrons. The summed E-state index contributed by atoms with van der Waals surface area (Å²) in [6, 6.07) is 0.402. The molecule has 6 heteroatoms. The van der Waals surface area contributed by atoms with Crippen LogP contribution in [-0.2, 0) is 9.59 Å². The lowest BCUT2D eigenvalue weighted by Gasteiger charge is -2.31. The number of hydrogen-bond donors (Lipinski definition) is 3. The fourth-order valence-corrected chi connectivity index (χ4v) is 2.54. The first-order valence-electron chi connectivity index (χ1n) is 6.59. The van der Waals surface area contributed by atoms with Gasteiger partial charge in [-0.1, -0.05) is 0 Å². The van der Waals surface area contributed by atoms with Gasteiger partial charge in [-0.2, -0.15) is 0 Å².